The Labute approximate surface area is 214 Å². The summed E-state index contributed by atoms with van der Waals surface area (Å²) in [4.78, 5) is 49.1. The van der Waals surface area contributed by atoms with Crippen LogP contribution in [-0.2, 0) is 15.8 Å². The van der Waals surface area contributed by atoms with Crippen LogP contribution in [0.2, 0.25) is 0 Å². The van der Waals surface area contributed by atoms with Crippen molar-refractivity contribution in [3.8, 4) is 11.5 Å². The van der Waals surface area contributed by atoms with Crippen LogP contribution < -0.4 is 15.0 Å². The Morgan fingerprint density at radius 3 is 2.30 bits per heavy atom. The maximum Gasteiger partial charge on any atom is 0.416 e. The number of imide groups is 2. The van der Waals surface area contributed by atoms with Gasteiger partial charge in [0.2, 0.25) is 5.75 Å². The first-order chi connectivity index (χ1) is 17.5. The van der Waals surface area contributed by atoms with Crippen molar-refractivity contribution in [2.45, 2.75) is 6.18 Å². The molecule has 0 unspecified atom stereocenters. The predicted octanol–water partition coefficient (Wildman–Crippen LogP) is 5.83. The molecule has 1 aliphatic rings. The van der Waals surface area contributed by atoms with E-state index in [9.17, 15) is 37.7 Å². The number of barbiturate groups is 1. The minimum atomic E-state index is -4.81. The zero-order valence-electron chi connectivity index (χ0n) is 18.3. The van der Waals surface area contributed by atoms with Gasteiger partial charge in [0.25, 0.3) is 11.8 Å². The number of nitrogens with zero attached hydrogens (tertiary/aromatic N) is 2. The lowest BCUT2D eigenvalue weighted by molar-refractivity contribution is -0.385. The highest BCUT2D eigenvalue weighted by Crippen LogP contribution is 2.39. The molecule has 1 N–H and O–H groups in total. The first kappa shape index (κ1) is 25.6. The summed E-state index contributed by atoms with van der Waals surface area (Å²) in [6, 6.07) is 12.7. The number of halogens is 4. The van der Waals surface area contributed by atoms with Gasteiger partial charge >= 0.3 is 17.9 Å². The molecule has 3 aromatic carbocycles. The predicted molar refractivity (Wildman–Crippen MR) is 128 cm³/mol. The maximum absolute atomic E-state index is 13.1. The van der Waals surface area contributed by atoms with E-state index in [4.69, 9.17) is 4.74 Å². The number of carbonyl (C=O) groups is 3. The molecule has 4 amide bonds. The molecule has 3 aromatic rings. The van der Waals surface area contributed by atoms with Crippen LogP contribution in [0, 0.1) is 10.1 Å². The quantitative estimate of drug-likeness (QED) is 0.177. The van der Waals surface area contributed by atoms with E-state index in [1.165, 1.54) is 36.4 Å². The highest BCUT2D eigenvalue weighted by atomic mass is 79.9. The molecule has 0 atom stereocenters. The third-order valence-electron chi connectivity index (χ3n) is 5.11. The van der Waals surface area contributed by atoms with Gasteiger partial charge in [-0.3, -0.25) is 25.0 Å². The average molecular weight is 576 g/mol. The van der Waals surface area contributed by atoms with Gasteiger partial charge in [-0.25, -0.2) is 9.69 Å². The molecule has 0 bridgehead atoms. The van der Waals surface area contributed by atoms with E-state index in [0.29, 0.717) is 16.6 Å². The minimum Gasteiger partial charge on any atom is -0.449 e. The van der Waals surface area contributed by atoms with Crippen molar-refractivity contribution < 1.29 is 37.2 Å². The van der Waals surface area contributed by atoms with Gasteiger partial charge in [-0.05, 0) is 48.5 Å². The molecule has 0 saturated carbocycles. The summed E-state index contributed by atoms with van der Waals surface area (Å²) < 4.78 is 45.3. The lowest BCUT2D eigenvalue weighted by atomic mass is 10.1. The van der Waals surface area contributed by atoms with Crippen molar-refractivity contribution in [2.75, 3.05) is 4.90 Å². The van der Waals surface area contributed by atoms with Crippen LogP contribution in [0.3, 0.4) is 0 Å². The Morgan fingerprint density at radius 2 is 1.65 bits per heavy atom. The van der Waals surface area contributed by atoms with Gasteiger partial charge in [0.15, 0.2) is 0 Å². The highest BCUT2D eigenvalue weighted by molar-refractivity contribution is 9.10. The number of nitrogens with one attached hydrogen (secondary N) is 1. The third-order valence-corrected chi connectivity index (χ3v) is 5.64. The second kappa shape index (κ2) is 9.85. The van der Waals surface area contributed by atoms with Gasteiger partial charge in [-0.2, -0.15) is 13.2 Å². The number of ether oxygens (including phenoxy) is 1. The molecule has 1 heterocycles. The van der Waals surface area contributed by atoms with E-state index < -0.39 is 51.5 Å². The van der Waals surface area contributed by atoms with E-state index >= 15 is 0 Å². The molecule has 9 nitrogen and oxygen atoms in total. The smallest absolute Gasteiger partial charge is 0.416 e. The lowest BCUT2D eigenvalue weighted by Gasteiger charge is -2.26. The van der Waals surface area contributed by atoms with Crippen molar-refractivity contribution in [3.05, 3.63) is 98.0 Å². The molecular formula is C24H13BrF3N3O6. The largest absolute Gasteiger partial charge is 0.449 e. The van der Waals surface area contributed by atoms with Gasteiger partial charge in [-0.15, -0.1) is 0 Å². The number of urea groups is 1. The Morgan fingerprint density at radius 1 is 0.973 bits per heavy atom. The fourth-order valence-electron chi connectivity index (χ4n) is 3.37. The number of anilines is 1. The van der Waals surface area contributed by atoms with Crippen LogP contribution in [0.5, 0.6) is 11.5 Å². The Bertz CT molecular complexity index is 1470. The van der Waals surface area contributed by atoms with Crippen LogP contribution in [0.15, 0.2) is 76.8 Å². The third kappa shape index (κ3) is 5.35. The Balaban J connectivity index is 1.72. The molecule has 0 aliphatic carbocycles. The second-order valence-electron chi connectivity index (χ2n) is 7.51. The number of hydrogen-bond acceptors (Lipinski definition) is 6. The molecule has 13 heteroatoms. The summed E-state index contributed by atoms with van der Waals surface area (Å²) in [5.74, 6) is -2.51. The molecule has 1 saturated heterocycles. The molecular weight excluding hydrogens is 563 g/mol. The van der Waals surface area contributed by atoms with Crippen molar-refractivity contribution >= 4 is 51.2 Å². The lowest BCUT2D eigenvalue weighted by Crippen LogP contribution is -2.54. The second-order valence-corrected chi connectivity index (χ2v) is 8.43. The first-order valence-corrected chi connectivity index (χ1v) is 11.0. The minimum absolute atomic E-state index is 0.0921. The van der Waals surface area contributed by atoms with Crippen LogP contribution in [-0.4, -0.2) is 22.8 Å². The summed E-state index contributed by atoms with van der Waals surface area (Å²) in [7, 11) is 0. The molecule has 37 heavy (non-hydrogen) atoms. The van der Waals surface area contributed by atoms with Crippen molar-refractivity contribution in [2.24, 2.45) is 0 Å². The van der Waals surface area contributed by atoms with Crippen molar-refractivity contribution in [1.29, 1.82) is 0 Å². The van der Waals surface area contributed by atoms with E-state index in [0.717, 1.165) is 17.0 Å². The Hall–Kier alpha value is -4.52. The van der Waals surface area contributed by atoms with Crippen molar-refractivity contribution in [1.82, 2.24) is 5.32 Å². The number of benzene rings is 3. The van der Waals surface area contributed by atoms with Gasteiger partial charge < -0.3 is 4.74 Å². The fourth-order valence-corrected chi connectivity index (χ4v) is 3.64. The number of amides is 4. The van der Waals surface area contributed by atoms with Crippen molar-refractivity contribution in [3.63, 3.8) is 0 Å². The number of rotatable bonds is 5. The van der Waals surface area contributed by atoms with Gasteiger partial charge in [-0.1, -0.05) is 34.1 Å². The topological polar surface area (TPSA) is 119 Å². The first-order valence-electron chi connectivity index (χ1n) is 10.3. The maximum atomic E-state index is 13.1. The summed E-state index contributed by atoms with van der Waals surface area (Å²) in [6.07, 6.45) is -3.69. The average Bonchev–Trinajstić information content (AvgIpc) is 2.83. The molecule has 188 valence electrons. The molecule has 0 aromatic heterocycles. The number of nitro groups is 1. The van der Waals surface area contributed by atoms with Gasteiger partial charge in [0.05, 0.1) is 16.2 Å². The number of carbonyl (C=O) groups excluding carboxylic acids is 3. The standard InChI is InChI=1S/C24H13BrF3N3O6/c25-15-6-8-16(9-7-15)30-22(33)17(21(32)29-23(30)34)11-13-3-1-2-4-19(13)37-20-10-5-14(24(26,27)28)12-18(20)31(35)36/h1-12H,(H,29,32,34)/b17-11+. The fraction of sp³-hybridized carbons (Fsp3) is 0.0417. The zero-order chi connectivity index (χ0) is 26.9. The van der Waals surface area contributed by atoms with Gasteiger partial charge in [0.1, 0.15) is 11.3 Å². The highest BCUT2D eigenvalue weighted by Gasteiger charge is 2.37. The number of alkyl halides is 3. The summed E-state index contributed by atoms with van der Waals surface area (Å²) in [5.41, 5.74) is -2.32. The SMILES string of the molecule is O=C1NC(=O)N(c2ccc(Br)cc2)C(=O)/C1=C/c1ccccc1Oc1ccc(C(F)(F)F)cc1[N+](=O)[O-]. The van der Waals surface area contributed by atoms with E-state index in [-0.39, 0.29) is 17.0 Å². The number of hydrogen-bond donors (Lipinski definition) is 1. The monoisotopic (exact) mass is 575 g/mol. The molecule has 0 radical (unpaired) electrons. The van der Waals surface area contributed by atoms with Crippen LogP contribution >= 0.6 is 15.9 Å². The van der Waals surface area contributed by atoms with Crippen LogP contribution in [0.25, 0.3) is 6.08 Å². The zero-order valence-corrected chi connectivity index (χ0v) is 19.9. The molecule has 1 aliphatic heterocycles. The van der Waals surface area contributed by atoms with E-state index in [1.54, 1.807) is 12.1 Å². The van der Waals surface area contributed by atoms with Crippen LogP contribution in [0.1, 0.15) is 11.1 Å². The van der Waals surface area contributed by atoms with Crippen LogP contribution in [0.4, 0.5) is 29.3 Å². The number of nitro benzene ring substituents is 1. The molecule has 0 spiro atoms. The summed E-state index contributed by atoms with van der Waals surface area (Å²) in [6.45, 7) is 0. The molecule has 1 fully saturated rings. The van der Waals surface area contributed by atoms with E-state index in [2.05, 4.69) is 21.2 Å². The number of para-hydroxylation sites is 1. The Kier molecular flexibility index (Phi) is 6.81. The normalized spacial score (nSPS) is 15.1. The van der Waals surface area contributed by atoms with E-state index in [1.807, 2.05) is 0 Å². The summed E-state index contributed by atoms with van der Waals surface area (Å²) >= 11 is 3.25. The molecule has 4 rings (SSSR count). The summed E-state index contributed by atoms with van der Waals surface area (Å²) in [5, 5.41) is 13.5. The van der Waals surface area contributed by atoms with Gasteiger partial charge in [0, 0.05) is 16.1 Å².